The lowest BCUT2D eigenvalue weighted by Gasteiger charge is -2.45. The number of rotatable bonds is 5. The van der Waals surface area contributed by atoms with Crippen LogP contribution in [0.4, 0.5) is 0 Å². The van der Waals surface area contributed by atoms with Gasteiger partial charge in [-0.3, -0.25) is 9.48 Å². The normalized spacial score (nSPS) is 27.1. The van der Waals surface area contributed by atoms with Crippen LogP contribution in [-0.4, -0.2) is 34.9 Å². The van der Waals surface area contributed by atoms with Crippen molar-refractivity contribution in [2.45, 2.75) is 63.8 Å². The quantitative estimate of drug-likeness (QED) is 0.859. The van der Waals surface area contributed by atoms with Gasteiger partial charge < -0.3 is 14.8 Å². The first-order valence-corrected chi connectivity index (χ1v) is 10.2. The molecule has 1 aliphatic heterocycles. The molecular formula is C22H29N3O3. The SMILES string of the molecule is COc1ccc([C@H]2C[C@@H](NC(C)=O)[C@@H]3CCCC[C@H]3O2)cc1Cn1cccn1. The Morgan fingerprint density at radius 2 is 2.21 bits per heavy atom. The second kappa shape index (κ2) is 8.35. The molecule has 0 radical (unpaired) electrons. The lowest BCUT2D eigenvalue weighted by Crippen LogP contribution is -2.50. The van der Waals surface area contributed by atoms with Crippen molar-refractivity contribution < 1.29 is 14.3 Å². The van der Waals surface area contributed by atoms with E-state index in [0.717, 1.165) is 36.1 Å². The summed E-state index contributed by atoms with van der Waals surface area (Å²) >= 11 is 0. The molecule has 0 unspecified atom stereocenters. The molecule has 1 aromatic carbocycles. The van der Waals surface area contributed by atoms with E-state index in [-0.39, 0.29) is 24.2 Å². The monoisotopic (exact) mass is 383 g/mol. The average molecular weight is 383 g/mol. The molecule has 2 aromatic rings. The molecule has 1 saturated carbocycles. The molecule has 1 amide bonds. The molecule has 1 aliphatic carbocycles. The maximum Gasteiger partial charge on any atom is 0.217 e. The number of hydrogen-bond donors (Lipinski definition) is 1. The number of amides is 1. The third-order valence-electron chi connectivity index (χ3n) is 6.03. The van der Waals surface area contributed by atoms with Crippen molar-refractivity contribution >= 4 is 5.91 Å². The second-order valence-corrected chi connectivity index (χ2v) is 7.93. The highest BCUT2D eigenvalue weighted by Gasteiger charge is 2.40. The number of carbonyl (C=O) groups excluding carboxylic acids is 1. The van der Waals surface area contributed by atoms with Crippen molar-refractivity contribution in [3.8, 4) is 5.75 Å². The predicted molar refractivity (Wildman–Crippen MR) is 106 cm³/mol. The highest BCUT2D eigenvalue weighted by molar-refractivity contribution is 5.73. The topological polar surface area (TPSA) is 65.4 Å². The van der Waals surface area contributed by atoms with Crippen LogP contribution in [0.15, 0.2) is 36.7 Å². The van der Waals surface area contributed by atoms with E-state index < -0.39 is 0 Å². The van der Waals surface area contributed by atoms with E-state index in [2.05, 4.69) is 22.5 Å². The zero-order valence-electron chi connectivity index (χ0n) is 16.6. The van der Waals surface area contributed by atoms with Gasteiger partial charge in [0.1, 0.15) is 5.75 Å². The third kappa shape index (κ3) is 4.07. The molecule has 1 saturated heterocycles. The number of hydrogen-bond acceptors (Lipinski definition) is 4. The third-order valence-corrected chi connectivity index (χ3v) is 6.03. The number of carbonyl (C=O) groups is 1. The lowest BCUT2D eigenvalue weighted by molar-refractivity contribution is -0.131. The number of nitrogens with one attached hydrogen (secondary N) is 1. The van der Waals surface area contributed by atoms with Gasteiger partial charge in [0.2, 0.25) is 5.91 Å². The molecule has 4 atom stereocenters. The van der Waals surface area contributed by atoms with Crippen LogP contribution < -0.4 is 10.1 Å². The average Bonchev–Trinajstić information content (AvgIpc) is 3.20. The van der Waals surface area contributed by atoms with E-state index >= 15 is 0 Å². The number of nitrogens with zero attached hydrogens (tertiary/aromatic N) is 2. The van der Waals surface area contributed by atoms with Crippen LogP contribution in [0, 0.1) is 5.92 Å². The first-order chi connectivity index (χ1) is 13.6. The number of methoxy groups -OCH3 is 1. The summed E-state index contributed by atoms with van der Waals surface area (Å²) in [5.41, 5.74) is 2.22. The maximum atomic E-state index is 11.8. The van der Waals surface area contributed by atoms with Gasteiger partial charge in [0.15, 0.2) is 0 Å². The maximum absolute atomic E-state index is 11.8. The summed E-state index contributed by atoms with van der Waals surface area (Å²) in [5, 5.41) is 7.51. The lowest BCUT2D eigenvalue weighted by atomic mass is 9.76. The minimum Gasteiger partial charge on any atom is -0.496 e. The Kier molecular flexibility index (Phi) is 5.67. The van der Waals surface area contributed by atoms with E-state index in [1.54, 1.807) is 20.2 Å². The summed E-state index contributed by atoms with van der Waals surface area (Å²) in [7, 11) is 1.69. The summed E-state index contributed by atoms with van der Waals surface area (Å²) in [4.78, 5) is 11.8. The number of benzene rings is 1. The molecule has 0 bridgehead atoms. The van der Waals surface area contributed by atoms with Crippen molar-refractivity contribution in [2.75, 3.05) is 7.11 Å². The summed E-state index contributed by atoms with van der Waals surface area (Å²) in [5.74, 6) is 1.32. The number of aromatic nitrogens is 2. The van der Waals surface area contributed by atoms with E-state index in [1.807, 2.05) is 23.0 Å². The largest absolute Gasteiger partial charge is 0.496 e. The summed E-state index contributed by atoms with van der Waals surface area (Å²) < 4.78 is 14.0. The molecular weight excluding hydrogens is 354 g/mol. The van der Waals surface area contributed by atoms with Crippen LogP contribution in [0.5, 0.6) is 5.75 Å². The van der Waals surface area contributed by atoms with Gasteiger partial charge in [-0.05, 0) is 43.0 Å². The first-order valence-electron chi connectivity index (χ1n) is 10.2. The Hall–Kier alpha value is -2.34. The van der Waals surface area contributed by atoms with Crippen molar-refractivity contribution in [3.63, 3.8) is 0 Å². The molecule has 4 rings (SSSR count). The van der Waals surface area contributed by atoms with Gasteiger partial charge in [-0.25, -0.2) is 0 Å². The number of ether oxygens (including phenoxy) is 2. The van der Waals surface area contributed by atoms with Gasteiger partial charge in [0, 0.05) is 36.8 Å². The fourth-order valence-electron chi connectivity index (χ4n) is 4.76. The Morgan fingerprint density at radius 1 is 1.36 bits per heavy atom. The zero-order chi connectivity index (χ0) is 19.5. The summed E-state index contributed by atoms with van der Waals surface area (Å²) in [6.45, 7) is 2.26. The Bertz CT molecular complexity index is 805. The zero-order valence-corrected chi connectivity index (χ0v) is 16.6. The molecule has 2 heterocycles. The Balaban J connectivity index is 1.59. The second-order valence-electron chi connectivity index (χ2n) is 7.93. The highest BCUT2D eigenvalue weighted by Crippen LogP contribution is 2.42. The van der Waals surface area contributed by atoms with Gasteiger partial charge in [-0.2, -0.15) is 5.10 Å². The van der Waals surface area contributed by atoms with Crippen LogP contribution >= 0.6 is 0 Å². The predicted octanol–water partition coefficient (Wildman–Crippen LogP) is 3.46. The molecule has 6 nitrogen and oxygen atoms in total. The fourth-order valence-corrected chi connectivity index (χ4v) is 4.76. The van der Waals surface area contributed by atoms with Crippen molar-refractivity contribution in [3.05, 3.63) is 47.8 Å². The molecule has 28 heavy (non-hydrogen) atoms. The first kappa shape index (κ1) is 19.0. The van der Waals surface area contributed by atoms with Gasteiger partial charge in [-0.1, -0.05) is 18.9 Å². The smallest absolute Gasteiger partial charge is 0.217 e. The van der Waals surface area contributed by atoms with Crippen molar-refractivity contribution in [2.24, 2.45) is 5.92 Å². The standard InChI is InChI=1S/C22H29N3O3/c1-15(26)24-19-13-22(28-21-7-4-3-6-18(19)21)16-8-9-20(27-2)17(12-16)14-25-11-5-10-23-25/h5,8-12,18-19,21-22H,3-4,6-7,13-14H2,1-2H3,(H,24,26)/t18-,19+,21+,22+/m0/s1. The van der Waals surface area contributed by atoms with E-state index in [0.29, 0.717) is 12.5 Å². The summed E-state index contributed by atoms with van der Waals surface area (Å²) in [6, 6.07) is 8.36. The molecule has 150 valence electrons. The minimum absolute atomic E-state index is 0.0153. The Labute approximate surface area is 166 Å². The summed E-state index contributed by atoms with van der Waals surface area (Å²) in [6.07, 6.45) is 9.39. The number of fused-ring (bicyclic) bond motifs is 1. The van der Waals surface area contributed by atoms with Crippen LogP contribution in [0.2, 0.25) is 0 Å². The minimum atomic E-state index is -0.0153. The molecule has 6 heteroatoms. The molecule has 1 aromatic heterocycles. The molecule has 1 N–H and O–H groups in total. The van der Waals surface area contributed by atoms with E-state index in [4.69, 9.17) is 9.47 Å². The van der Waals surface area contributed by atoms with E-state index in [9.17, 15) is 4.79 Å². The van der Waals surface area contributed by atoms with Gasteiger partial charge in [0.05, 0.1) is 25.9 Å². The van der Waals surface area contributed by atoms with Crippen LogP contribution in [0.1, 0.15) is 56.3 Å². The van der Waals surface area contributed by atoms with Crippen molar-refractivity contribution in [1.29, 1.82) is 0 Å². The van der Waals surface area contributed by atoms with Crippen molar-refractivity contribution in [1.82, 2.24) is 15.1 Å². The van der Waals surface area contributed by atoms with Crippen LogP contribution in [-0.2, 0) is 16.1 Å². The fraction of sp³-hybridized carbons (Fsp3) is 0.545. The highest BCUT2D eigenvalue weighted by atomic mass is 16.5. The molecule has 2 fully saturated rings. The van der Waals surface area contributed by atoms with Crippen LogP contribution in [0.25, 0.3) is 0 Å². The molecule has 2 aliphatic rings. The van der Waals surface area contributed by atoms with E-state index in [1.165, 1.54) is 12.8 Å². The van der Waals surface area contributed by atoms with Gasteiger partial charge in [0.25, 0.3) is 0 Å². The molecule has 0 spiro atoms. The Morgan fingerprint density at radius 3 is 2.96 bits per heavy atom. The van der Waals surface area contributed by atoms with Gasteiger partial charge in [-0.15, -0.1) is 0 Å². The van der Waals surface area contributed by atoms with Crippen LogP contribution in [0.3, 0.4) is 0 Å². The van der Waals surface area contributed by atoms with Gasteiger partial charge >= 0.3 is 0 Å².